The molecule has 3 rings (SSSR count). The first-order valence-corrected chi connectivity index (χ1v) is 6.92. The van der Waals surface area contributed by atoms with Crippen LogP contribution in [0.2, 0.25) is 0 Å². The molecule has 4 nitrogen and oxygen atoms in total. The van der Waals surface area contributed by atoms with Gasteiger partial charge in [-0.1, -0.05) is 18.2 Å². The third-order valence-electron chi connectivity index (χ3n) is 4.22. The summed E-state index contributed by atoms with van der Waals surface area (Å²) in [5.41, 5.74) is 1.33. The van der Waals surface area contributed by atoms with Crippen LogP contribution in [0, 0.1) is 0 Å². The van der Waals surface area contributed by atoms with Crippen LogP contribution in [-0.4, -0.2) is 41.3 Å². The molecule has 1 saturated heterocycles. The van der Waals surface area contributed by atoms with E-state index in [2.05, 4.69) is 4.90 Å². The summed E-state index contributed by atoms with van der Waals surface area (Å²) >= 11 is 0. The van der Waals surface area contributed by atoms with Gasteiger partial charge in [0, 0.05) is 19.1 Å². The van der Waals surface area contributed by atoms with Crippen molar-refractivity contribution in [2.45, 2.75) is 38.0 Å². The summed E-state index contributed by atoms with van der Waals surface area (Å²) in [5, 5.41) is 9.24. The fraction of sp³-hybridized carbons (Fsp3) is 0.533. The number of rotatable bonds is 3. The second kappa shape index (κ2) is 5.31. The zero-order valence-electron chi connectivity index (χ0n) is 10.9. The summed E-state index contributed by atoms with van der Waals surface area (Å²) in [4.78, 5) is 13.6. The van der Waals surface area contributed by atoms with E-state index in [0.29, 0.717) is 24.3 Å². The van der Waals surface area contributed by atoms with Gasteiger partial charge in [-0.2, -0.15) is 0 Å². The van der Waals surface area contributed by atoms with Gasteiger partial charge < -0.3 is 9.84 Å². The standard InChI is InChI=1S/C15H19NO3/c17-15(18)12-5-2-1-4-11(12)10-16-8-9-19-14-7-3-6-13(14)16/h1-2,4-5,13-14H,3,6-10H2,(H,17,18). The summed E-state index contributed by atoms with van der Waals surface area (Å²) in [6.45, 7) is 2.37. The van der Waals surface area contributed by atoms with Crippen molar-refractivity contribution in [1.29, 1.82) is 0 Å². The van der Waals surface area contributed by atoms with Gasteiger partial charge in [-0.15, -0.1) is 0 Å². The van der Waals surface area contributed by atoms with Gasteiger partial charge in [-0.3, -0.25) is 4.90 Å². The Morgan fingerprint density at radius 3 is 3.05 bits per heavy atom. The quantitative estimate of drug-likeness (QED) is 0.905. The Hall–Kier alpha value is -1.39. The zero-order chi connectivity index (χ0) is 13.2. The van der Waals surface area contributed by atoms with E-state index < -0.39 is 5.97 Å². The highest BCUT2D eigenvalue weighted by molar-refractivity contribution is 5.89. The van der Waals surface area contributed by atoms with Crippen LogP contribution in [0.5, 0.6) is 0 Å². The fourth-order valence-corrected chi connectivity index (χ4v) is 3.29. The van der Waals surface area contributed by atoms with Gasteiger partial charge in [0.25, 0.3) is 0 Å². The lowest BCUT2D eigenvalue weighted by Crippen LogP contribution is -2.48. The van der Waals surface area contributed by atoms with Gasteiger partial charge in [0.15, 0.2) is 0 Å². The molecule has 2 unspecified atom stereocenters. The number of aromatic carboxylic acids is 1. The minimum atomic E-state index is -0.841. The van der Waals surface area contributed by atoms with Crippen LogP contribution in [0.4, 0.5) is 0 Å². The van der Waals surface area contributed by atoms with E-state index in [1.54, 1.807) is 12.1 Å². The number of hydrogen-bond donors (Lipinski definition) is 1. The predicted molar refractivity (Wildman–Crippen MR) is 71.2 cm³/mol. The number of carbonyl (C=O) groups is 1. The molecule has 1 heterocycles. The van der Waals surface area contributed by atoms with Crippen LogP contribution in [-0.2, 0) is 11.3 Å². The Balaban J connectivity index is 1.79. The molecular weight excluding hydrogens is 242 g/mol. The van der Waals surface area contributed by atoms with Gasteiger partial charge in [0.05, 0.1) is 18.3 Å². The molecule has 1 N–H and O–H groups in total. The van der Waals surface area contributed by atoms with E-state index in [4.69, 9.17) is 4.74 Å². The van der Waals surface area contributed by atoms with Crippen molar-refractivity contribution >= 4 is 5.97 Å². The molecule has 0 bridgehead atoms. The molecule has 2 fully saturated rings. The largest absolute Gasteiger partial charge is 0.478 e. The van der Waals surface area contributed by atoms with E-state index in [-0.39, 0.29) is 0 Å². The molecule has 1 aromatic carbocycles. The summed E-state index contributed by atoms with van der Waals surface area (Å²) in [7, 11) is 0. The van der Waals surface area contributed by atoms with E-state index in [1.807, 2.05) is 12.1 Å². The highest BCUT2D eigenvalue weighted by Gasteiger charge is 2.36. The van der Waals surface area contributed by atoms with Crippen LogP contribution in [0.15, 0.2) is 24.3 Å². The molecule has 1 aromatic rings. The van der Waals surface area contributed by atoms with Gasteiger partial charge in [0.1, 0.15) is 0 Å². The van der Waals surface area contributed by atoms with Crippen LogP contribution < -0.4 is 0 Å². The van der Waals surface area contributed by atoms with Crippen molar-refractivity contribution < 1.29 is 14.6 Å². The number of carboxylic acid groups (broad SMARTS) is 1. The lowest BCUT2D eigenvalue weighted by atomic mass is 10.0. The Morgan fingerprint density at radius 2 is 2.21 bits per heavy atom. The minimum absolute atomic E-state index is 0.353. The molecule has 0 amide bonds. The number of benzene rings is 1. The first kappa shape index (κ1) is 12.6. The van der Waals surface area contributed by atoms with Crippen LogP contribution in [0.1, 0.15) is 35.2 Å². The van der Waals surface area contributed by atoms with Gasteiger partial charge in [-0.25, -0.2) is 4.79 Å². The fourth-order valence-electron chi connectivity index (χ4n) is 3.29. The predicted octanol–water partition coefficient (Wildman–Crippen LogP) is 2.14. The number of fused-ring (bicyclic) bond motifs is 1. The Morgan fingerprint density at radius 1 is 1.37 bits per heavy atom. The number of ether oxygens (including phenoxy) is 1. The maximum absolute atomic E-state index is 11.2. The molecule has 102 valence electrons. The second-order valence-electron chi connectivity index (χ2n) is 5.34. The molecule has 1 aliphatic heterocycles. The molecule has 0 spiro atoms. The van der Waals surface area contributed by atoms with Crippen LogP contribution in [0.3, 0.4) is 0 Å². The third-order valence-corrected chi connectivity index (χ3v) is 4.22. The number of nitrogens with zero attached hydrogens (tertiary/aromatic N) is 1. The van der Waals surface area contributed by atoms with E-state index >= 15 is 0 Å². The first-order valence-electron chi connectivity index (χ1n) is 6.92. The minimum Gasteiger partial charge on any atom is -0.478 e. The van der Waals surface area contributed by atoms with Crippen molar-refractivity contribution in [1.82, 2.24) is 4.90 Å². The summed E-state index contributed by atoms with van der Waals surface area (Å²) in [5.74, 6) is -0.841. The summed E-state index contributed by atoms with van der Waals surface area (Å²) < 4.78 is 5.79. The van der Waals surface area contributed by atoms with E-state index in [0.717, 1.165) is 25.1 Å². The Bertz CT molecular complexity index is 474. The molecule has 0 aromatic heterocycles. The van der Waals surface area contributed by atoms with Gasteiger partial charge in [0.2, 0.25) is 0 Å². The van der Waals surface area contributed by atoms with E-state index in [1.165, 1.54) is 12.8 Å². The maximum atomic E-state index is 11.2. The maximum Gasteiger partial charge on any atom is 0.336 e. The van der Waals surface area contributed by atoms with Crippen molar-refractivity contribution in [3.05, 3.63) is 35.4 Å². The SMILES string of the molecule is O=C(O)c1ccccc1CN1CCOC2CCCC21. The van der Waals surface area contributed by atoms with Crippen molar-refractivity contribution in [2.75, 3.05) is 13.2 Å². The molecule has 1 saturated carbocycles. The average molecular weight is 261 g/mol. The monoisotopic (exact) mass is 261 g/mol. The van der Waals surface area contributed by atoms with Crippen molar-refractivity contribution in [3.8, 4) is 0 Å². The lowest BCUT2D eigenvalue weighted by Gasteiger charge is -2.37. The molecule has 4 heteroatoms. The first-order chi connectivity index (χ1) is 9.25. The molecule has 2 aliphatic rings. The van der Waals surface area contributed by atoms with Gasteiger partial charge in [-0.05, 0) is 30.9 Å². The van der Waals surface area contributed by atoms with Gasteiger partial charge >= 0.3 is 5.97 Å². The molecule has 2 atom stereocenters. The summed E-state index contributed by atoms with van der Waals surface area (Å²) in [6.07, 6.45) is 3.87. The molecule has 1 aliphatic carbocycles. The van der Waals surface area contributed by atoms with E-state index in [9.17, 15) is 9.90 Å². The molecular formula is C15H19NO3. The Labute approximate surface area is 113 Å². The third kappa shape index (κ3) is 2.51. The normalized spacial score (nSPS) is 27.2. The second-order valence-corrected chi connectivity index (χ2v) is 5.34. The zero-order valence-corrected chi connectivity index (χ0v) is 10.9. The Kier molecular flexibility index (Phi) is 3.53. The van der Waals surface area contributed by atoms with Crippen LogP contribution in [0.25, 0.3) is 0 Å². The lowest BCUT2D eigenvalue weighted by molar-refractivity contribution is -0.0588. The topological polar surface area (TPSA) is 49.8 Å². The molecule has 19 heavy (non-hydrogen) atoms. The number of morpholine rings is 1. The average Bonchev–Trinajstić information content (AvgIpc) is 2.88. The smallest absolute Gasteiger partial charge is 0.336 e. The van der Waals surface area contributed by atoms with Crippen molar-refractivity contribution in [3.63, 3.8) is 0 Å². The number of hydrogen-bond acceptors (Lipinski definition) is 3. The summed E-state index contributed by atoms with van der Waals surface area (Å²) in [6, 6.07) is 7.77. The number of carboxylic acids is 1. The van der Waals surface area contributed by atoms with Crippen molar-refractivity contribution in [2.24, 2.45) is 0 Å². The van der Waals surface area contributed by atoms with Crippen LogP contribution >= 0.6 is 0 Å². The highest BCUT2D eigenvalue weighted by atomic mass is 16.5. The molecule has 0 radical (unpaired) electrons. The highest BCUT2D eigenvalue weighted by Crippen LogP contribution is 2.30.